The fourth-order valence-electron chi connectivity index (χ4n) is 5.22. The Hall–Kier alpha value is -2.70. The van der Waals surface area contributed by atoms with Gasteiger partial charge in [-0.2, -0.15) is 5.10 Å². The molecule has 7 heteroatoms. The van der Waals surface area contributed by atoms with E-state index in [2.05, 4.69) is 33.1 Å². The van der Waals surface area contributed by atoms with Gasteiger partial charge in [0.15, 0.2) is 0 Å². The Morgan fingerprint density at radius 2 is 2.03 bits per heavy atom. The molecule has 2 atom stereocenters. The van der Waals surface area contributed by atoms with Crippen molar-refractivity contribution in [3.8, 4) is 11.3 Å². The topological polar surface area (TPSA) is 67.2 Å². The summed E-state index contributed by atoms with van der Waals surface area (Å²) in [5.74, 6) is 1.77. The molecule has 0 bridgehead atoms. The van der Waals surface area contributed by atoms with E-state index < -0.39 is 0 Å². The lowest BCUT2D eigenvalue weighted by Gasteiger charge is -2.33. The molecule has 164 valence electrons. The molecule has 2 saturated heterocycles. The number of rotatable bonds is 5. The highest BCUT2D eigenvalue weighted by molar-refractivity contribution is 5.77. The van der Waals surface area contributed by atoms with E-state index in [0.717, 1.165) is 74.8 Å². The summed E-state index contributed by atoms with van der Waals surface area (Å²) in [4.78, 5) is 26.6. The summed E-state index contributed by atoms with van der Waals surface area (Å²) >= 11 is 0. The Balaban J connectivity index is 1.35. The second kappa shape index (κ2) is 8.81. The Morgan fingerprint density at radius 3 is 2.84 bits per heavy atom. The van der Waals surface area contributed by atoms with Gasteiger partial charge in [-0.05, 0) is 50.5 Å². The molecule has 4 heterocycles. The average molecular weight is 421 g/mol. The molecular weight excluding hydrogens is 388 g/mol. The van der Waals surface area contributed by atoms with Crippen molar-refractivity contribution in [2.45, 2.75) is 50.9 Å². The fraction of sp³-hybridized carbons (Fsp3) is 0.583. The predicted octanol–water partition coefficient (Wildman–Crippen LogP) is 3.54. The van der Waals surface area contributed by atoms with Crippen LogP contribution in [0.25, 0.3) is 11.3 Å². The number of amides is 1. The SMILES string of the molecule is Cn1cc(-c2ccnc(N3CCCC3)n2)c([C@H]2CCCN(C(=O)C[C@H]3C=CCC3)C2)n1. The molecule has 1 aliphatic carbocycles. The Labute approximate surface area is 184 Å². The van der Waals surface area contributed by atoms with E-state index in [1.54, 1.807) is 0 Å². The zero-order valence-electron chi connectivity index (χ0n) is 18.4. The van der Waals surface area contributed by atoms with Crippen LogP contribution >= 0.6 is 0 Å². The lowest BCUT2D eigenvalue weighted by Crippen LogP contribution is -2.39. The third kappa shape index (κ3) is 4.36. The van der Waals surface area contributed by atoms with Gasteiger partial charge in [0.05, 0.1) is 11.4 Å². The number of hydrogen-bond donors (Lipinski definition) is 0. The predicted molar refractivity (Wildman–Crippen MR) is 121 cm³/mol. The fourth-order valence-corrected chi connectivity index (χ4v) is 5.22. The number of hydrogen-bond acceptors (Lipinski definition) is 5. The van der Waals surface area contributed by atoms with Crippen LogP contribution in [0, 0.1) is 5.92 Å². The number of likely N-dealkylation sites (tertiary alicyclic amines) is 1. The van der Waals surface area contributed by atoms with Gasteiger partial charge in [-0.15, -0.1) is 0 Å². The van der Waals surface area contributed by atoms with Crippen molar-refractivity contribution in [3.63, 3.8) is 0 Å². The van der Waals surface area contributed by atoms with E-state index >= 15 is 0 Å². The summed E-state index contributed by atoms with van der Waals surface area (Å²) in [7, 11) is 1.97. The minimum Gasteiger partial charge on any atom is -0.342 e. The van der Waals surface area contributed by atoms with Crippen LogP contribution in [0.5, 0.6) is 0 Å². The lowest BCUT2D eigenvalue weighted by molar-refractivity contribution is -0.133. The molecule has 31 heavy (non-hydrogen) atoms. The van der Waals surface area contributed by atoms with Crippen molar-refractivity contribution in [3.05, 3.63) is 36.3 Å². The quantitative estimate of drug-likeness (QED) is 0.692. The van der Waals surface area contributed by atoms with Crippen molar-refractivity contribution in [2.75, 3.05) is 31.1 Å². The van der Waals surface area contributed by atoms with Crippen molar-refractivity contribution in [1.82, 2.24) is 24.6 Å². The number of nitrogens with zero attached hydrogens (tertiary/aromatic N) is 6. The molecule has 2 aliphatic heterocycles. The second-order valence-corrected chi connectivity index (χ2v) is 9.19. The number of piperidine rings is 1. The first-order valence-corrected chi connectivity index (χ1v) is 11.7. The highest BCUT2D eigenvalue weighted by Gasteiger charge is 2.30. The molecule has 2 aromatic rings. The summed E-state index contributed by atoms with van der Waals surface area (Å²) in [5.41, 5.74) is 3.06. The number of allylic oxidation sites excluding steroid dienone is 2. The molecule has 0 radical (unpaired) electrons. The monoisotopic (exact) mass is 420 g/mol. The standard InChI is InChI=1S/C24H32N6O/c1-28-17-20(21-10-11-25-24(26-21)29-12-4-5-13-29)23(27-28)19-9-6-14-30(16-19)22(31)15-18-7-2-3-8-18/h2,7,10-11,17-19H,3-6,8-9,12-16H2,1H3/t18-,19-/m0/s1. The summed E-state index contributed by atoms with van der Waals surface area (Å²) in [5, 5.41) is 4.83. The first-order chi connectivity index (χ1) is 15.2. The van der Waals surface area contributed by atoms with E-state index in [1.165, 1.54) is 12.8 Å². The first-order valence-electron chi connectivity index (χ1n) is 11.7. The maximum absolute atomic E-state index is 12.9. The van der Waals surface area contributed by atoms with Crippen LogP contribution in [-0.4, -0.2) is 56.7 Å². The van der Waals surface area contributed by atoms with E-state index in [-0.39, 0.29) is 11.8 Å². The van der Waals surface area contributed by atoms with Gasteiger partial charge in [0.2, 0.25) is 11.9 Å². The molecule has 5 rings (SSSR count). The van der Waals surface area contributed by atoms with E-state index in [4.69, 9.17) is 10.1 Å². The van der Waals surface area contributed by atoms with Gasteiger partial charge in [0, 0.05) is 63.5 Å². The highest BCUT2D eigenvalue weighted by Crippen LogP contribution is 2.34. The van der Waals surface area contributed by atoms with Crippen LogP contribution in [0.1, 0.15) is 56.6 Å². The highest BCUT2D eigenvalue weighted by atomic mass is 16.2. The summed E-state index contributed by atoms with van der Waals surface area (Å²) in [6.45, 7) is 3.67. The van der Waals surface area contributed by atoms with Crippen LogP contribution in [0.3, 0.4) is 0 Å². The summed E-state index contributed by atoms with van der Waals surface area (Å²) < 4.78 is 1.88. The minimum atomic E-state index is 0.248. The molecule has 2 aromatic heterocycles. The van der Waals surface area contributed by atoms with Crippen LogP contribution < -0.4 is 4.90 Å². The van der Waals surface area contributed by atoms with Gasteiger partial charge in [-0.3, -0.25) is 9.48 Å². The Bertz CT molecular complexity index is 961. The van der Waals surface area contributed by atoms with Crippen molar-refractivity contribution < 1.29 is 4.79 Å². The normalized spacial score (nSPS) is 23.6. The van der Waals surface area contributed by atoms with E-state index in [0.29, 0.717) is 12.3 Å². The largest absolute Gasteiger partial charge is 0.342 e. The lowest BCUT2D eigenvalue weighted by atomic mass is 9.91. The average Bonchev–Trinajstić information content (AvgIpc) is 3.56. The molecule has 0 aromatic carbocycles. The maximum Gasteiger partial charge on any atom is 0.225 e. The number of aryl methyl sites for hydroxylation is 1. The van der Waals surface area contributed by atoms with Crippen molar-refractivity contribution in [1.29, 1.82) is 0 Å². The summed E-state index contributed by atoms with van der Waals surface area (Å²) in [6, 6.07) is 1.98. The number of anilines is 1. The number of carbonyl (C=O) groups is 1. The van der Waals surface area contributed by atoms with Gasteiger partial charge < -0.3 is 9.80 Å². The molecule has 0 unspecified atom stereocenters. The Kier molecular flexibility index (Phi) is 5.74. The minimum absolute atomic E-state index is 0.248. The maximum atomic E-state index is 12.9. The van der Waals surface area contributed by atoms with Crippen LogP contribution in [0.4, 0.5) is 5.95 Å². The van der Waals surface area contributed by atoms with Crippen LogP contribution in [0.15, 0.2) is 30.6 Å². The van der Waals surface area contributed by atoms with Crippen molar-refractivity contribution in [2.24, 2.45) is 13.0 Å². The molecule has 2 fully saturated rings. The van der Waals surface area contributed by atoms with E-state index in [1.807, 2.05) is 24.0 Å². The molecule has 3 aliphatic rings. The zero-order chi connectivity index (χ0) is 21.2. The van der Waals surface area contributed by atoms with Crippen LogP contribution in [0.2, 0.25) is 0 Å². The van der Waals surface area contributed by atoms with Gasteiger partial charge >= 0.3 is 0 Å². The summed E-state index contributed by atoms with van der Waals surface area (Å²) in [6.07, 6.45) is 15.7. The van der Waals surface area contributed by atoms with Gasteiger partial charge in [-0.25, -0.2) is 9.97 Å². The molecule has 0 N–H and O–H groups in total. The van der Waals surface area contributed by atoms with Gasteiger partial charge in [0.1, 0.15) is 0 Å². The third-order valence-corrected chi connectivity index (χ3v) is 6.88. The number of aromatic nitrogens is 4. The van der Waals surface area contributed by atoms with Crippen molar-refractivity contribution >= 4 is 11.9 Å². The molecule has 0 saturated carbocycles. The van der Waals surface area contributed by atoms with E-state index in [9.17, 15) is 4.79 Å². The molecule has 0 spiro atoms. The zero-order valence-corrected chi connectivity index (χ0v) is 18.4. The second-order valence-electron chi connectivity index (χ2n) is 9.19. The van der Waals surface area contributed by atoms with Gasteiger partial charge in [0.25, 0.3) is 0 Å². The van der Waals surface area contributed by atoms with Crippen LogP contribution in [-0.2, 0) is 11.8 Å². The molecule has 1 amide bonds. The molecule has 7 nitrogen and oxygen atoms in total. The third-order valence-electron chi connectivity index (χ3n) is 6.88. The van der Waals surface area contributed by atoms with Gasteiger partial charge in [-0.1, -0.05) is 12.2 Å². The number of carbonyl (C=O) groups excluding carboxylic acids is 1. The first kappa shape index (κ1) is 20.2. The Morgan fingerprint density at radius 1 is 1.16 bits per heavy atom. The smallest absolute Gasteiger partial charge is 0.225 e. The molecular formula is C24H32N6O.